The summed E-state index contributed by atoms with van der Waals surface area (Å²) < 4.78 is 34.9. The summed E-state index contributed by atoms with van der Waals surface area (Å²) in [6, 6.07) is 7.26. The van der Waals surface area contributed by atoms with Crippen molar-refractivity contribution in [3.8, 4) is 5.75 Å². The number of nitrogens with one attached hydrogen (secondary N) is 3. The van der Waals surface area contributed by atoms with Gasteiger partial charge < -0.3 is 21.5 Å². The number of aryl methyl sites for hydroxylation is 1. The Balaban J connectivity index is 0.00000222. The van der Waals surface area contributed by atoms with E-state index < -0.39 is 11.7 Å². The van der Waals surface area contributed by atoms with Crippen LogP contribution in [0, 0.1) is 24.7 Å². The van der Waals surface area contributed by atoms with Gasteiger partial charge in [0.05, 0.1) is 17.2 Å². The molecule has 7 nitrogen and oxygen atoms in total. The SMILES string of the molecule is CC.Cc1ncc(CNC2=CCC(F)=C(CC(=N)N)C=C2F)c(C)c1OCc1cccc(C(=N)N)c1. The molecule has 0 bridgehead atoms. The van der Waals surface area contributed by atoms with Crippen molar-refractivity contribution >= 4 is 11.7 Å². The quantitative estimate of drug-likeness (QED) is 0.235. The number of allylic oxidation sites excluding steroid dienone is 4. The second-order valence-corrected chi connectivity index (χ2v) is 8.03. The van der Waals surface area contributed by atoms with E-state index in [0.29, 0.717) is 17.0 Å². The Bertz CT molecular complexity index is 1220. The number of aromatic nitrogens is 1. The highest BCUT2D eigenvalue weighted by atomic mass is 19.1. The van der Waals surface area contributed by atoms with Crippen LogP contribution in [0.3, 0.4) is 0 Å². The van der Waals surface area contributed by atoms with Crippen molar-refractivity contribution in [1.82, 2.24) is 10.3 Å². The van der Waals surface area contributed by atoms with Crippen molar-refractivity contribution in [1.29, 1.82) is 10.8 Å². The zero-order valence-corrected chi connectivity index (χ0v) is 21.1. The predicted octanol–water partition coefficient (Wildman–Crippen LogP) is 5.37. The first-order valence-electron chi connectivity index (χ1n) is 11.7. The van der Waals surface area contributed by atoms with Gasteiger partial charge in [0.2, 0.25) is 0 Å². The number of nitrogens with zero attached hydrogens (tertiary/aromatic N) is 1. The summed E-state index contributed by atoms with van der Waals surface area (Å²) in [5.41, 5.74) is 15.0. The molecule has 0 saturated heterocycles. The largest absolute Gasteiger partial charge is 0.487 e. The molecule has 0 aliphatic heterocycles. The van der Waals surface area contributed by atoms with Crippen molar-refractivity contribution in [2.24, 2.45) is 11.5 Å². The lowest BCUT2D eigenvalue weighted by Gasteiger charge is -2.16. The Morgan fingerprint density at radius 1 is 1.17 bits per heavy atom. The number of nitrogen functional groups attached to an aromatic ring is 1. The summed E-state index contributed by atoms with van der Waals surface area (Å²) in [6.45, 7) is 8.26. The van der Waals surface area contributed by atoms with E-state index in [1.165, 1.54) is 6.08 Å². The number of benzene rings is 1. The van der Waals surface area contributed by atoms with E-state index in [9.17, 15) is 8.78 Å². The third-order valence-corrected chi connectivity index (χ3v) is 5.43. The molecule has 7 N–H and O–H groups in total. The van der Waals surface area contributed by atoms with Gasteiger partial charge in [-0.2, -0.15) is 0 Å². The Morgan fingerprint density at radius 2 is 1.89 bits per heavy atom. The van der Waals surface area contributed by atoms with Crippen molar-refractivity contribution in [2.45, 2.75) is 53.7 Å². The summed E-state index contributed by atoms with van der Waals surface area (Å²) >= 11 is 0. The molecular weight excluding hydrogens is 462 g/mol. The Kier molecular flexibility index (Phi) is 10.3. The van der Waals surface area contributed by atoms with E-state index >= 15 is 0 Å². The summed E-state index contributed by atoms with van der Waals surface area (Å²) in [4.78, 5) is 4.40. The predicted molar refractivity (Wildman–Crippen MR) is 140 cm³/mol. The number of nitrogens with two attached hydrogens (primary N) is 2. The summed E-state index contributed by atoms with van der Waals surface area (Å²) in [5.74, 6) is -0.757. The average Bonchev–Trinajstić information content (AvgIpc) is 2.97. The first-order valence-corrected chi connectivity index (χ1v) is 11.7. The zero-order chi connectivity index (χ0) is 26.8. The Morgan fingerprint density at radius 3 is 2.56 bits per heavy atom. The minimum Gasteiger partial charge on any atom is -0.487 e. The monoisotopic (exact) mass is 496 g/mol. The smallest absolute Gasteiger partial charge is 0.146 e. The third-order valence-electron chi connectivity index (χ3n) is 5.43. The zero-order valence-electron chi connectivity index (χ0n) is 21.1. The van der Waals surface area contributed by atoms with Crippen LogP contribution in [-0.4, -0.2) is 16.7 Å². The second-order valence-electron chi connectivity index (χ2n) is 8.03. The van der Waals surface area contributed by atoms with E-state index in [1.807, 2.05) is 39.8 Å². The molecular formula is C27H34F2N6O. The van der Waals surface area contributed by atoms with Gasteiger partial charge in [-0.25, -0.2) is 8.78 Å². The van der Waals surface area contributed by atoms with Crippen LogP contribution in [0.25, 0.3) is 0 Å². The van der Waals surface area contributed by atoms with Crippen LogP contribution in [0.15, 0.2) is 65.5 Å². The lowest BCUT2D eigenvalue weighted by Crippen LogP contribution is -2.15. The molecule has 1 aromatic carbocycles. The molecule has 1 aliphatic carbocycles. The summed E-state index contributed by atoms with van der Waals surface area (Å²) in [7, 11) is 0. The molecule has 1 heterocycles. The normalized spacial score (nSPS) is 13.1. The first-order chi connectivity index (χ1) is 17.2. The minimum atomic E-state index is -0.622. The number of hydrogen-bond donors (Lipinski definition) is 5. The molecule has 0 amide bonds. The van der Waals surface area contributed by atoms with Gasteiger partial charge in [0.15, 0.2) is 0 Å². The van der Waals surface area contributed by atoms with E-state index in [0.717, 1.165) is 22.8 Å². The highest BCUT2D eigenvalue weighted by Gasteiger charge is 2.16. The molecule has 0 unspecified atom stereocenters. The molecule has 36 heavy (non-hydrogen) atoms. The summed E-state index contributed by atoms with van der Waals surface area (Å²) in [6.07, 6.45) is 3.97. The molecule has 0 spiro atoms. The lowest BCUT2D eigenvalue weighted by molar-refractivity contribution is 0.300. The number of pyridine rings is 1. The van der Waals surface area contributed by atoms with E-state index in [1.54, 1.807) is 18.3 Å². The minimum absolute atomic E-state index is 0.0125. The molecule has 0 radical (unpaired) electrons. The number of rotatable bonds is 9. The Labute approximate surface area is 211 Å². The maximum absolute atomic E-state index is 14.7. The maximum Gasteiger partial charge on any atom is 0.146 e. The van der Waals surface area contributed by atoms with Crippen molar-refractivity contribution in [3.63, 3.8) is 0 Å². The van der Waals surface area contributed by atoms with Crippen molar-refractivity contribution in [2.75, 3.05) is 0 Å². The lowest BCUT2D eigenvalue weighted by atomic mass is 10.1. The standard InChI is InChI=1S/C25H28F2N6O.C2H6/c1-14-19(12-33-22-7-6-20(26)18(9-21(22)27)10-23(28)29)11-32-15(2)24(14)34-13-16-4-3-5-17(8-16)25(30)31;1-2/h3-5,7-9,11,33H,6,10,12-13H2,1-2H3,(H3,28,29)(H3,30,31);1-2H3. The number of hydrogen-bond acceptors (Lipinski definition) is 5. The van der Waals surface area contributed by atoms with Crippen LogP contribution in [-0.2, 0) is 13.2 Å². The fraction of sp³-hybridized carbons (Fsp3) is 0.296. The van der Waals surface area contributed by atoms with Crippen LogP contribution in [0.5, 0.6) is 5.75 Å². The average molecular weight is 497 g/mol. The van der Waals surface area contributed by atoms with E-state index in [2.05, 4.69) is 10.3 Å². The highest BCUT2D eigenvalue weighted by Crippen LogP contribution is 2.28. The number of amidine groups is 2. The molecule has 3 rings (SSSR count). The van der Waals surface area contributed by atoms with Crippen LogP contribution in [0.4, 0.5) is 8.78 Å². The van der Waals surface area contributed by atoms with Crippen LogP contribution >= 0.6 is 0 Å². The van der Waals surface area contributed by atoms with Crippen molar-refractivity contribution in [3.05, 3.63) is 93.5 Å². The molecule has 0 saturated carbocycles. The van der Waals surface area contributed by atoms with Crippen LogP contribution in [0.1, 0.15) is 54.6 Å². The van der Waals surface area contributed by atoms with Gasteiger partial charge in [0, 0.05) is 31.1 Å². The van der Waals surface area contributed by atoms with Gasteiger partial charge in [0.25, 0.3) is 0 Å². The molecule has 2 aromatic rings. The van der Waals surface area contributed by atoms with Gasteiger partial charge in [-0.05, 0) is 48.3 Å². The molecule has 0 fully saturated rings. The van der Waals surface area contributed by atoms with Gasteiger partial charge in [0.1, 0.15) is 29.8 Å². The molecule has 9 heteroatoms. The molecule has 1 aromatic heterocycles. The summed E-state index contributed by atoms with van der Waals surface area (Å²) in [5, 5.41) is 17.9. The third kappa shape index (κ3) is 7.49. The van der Waals surface area contributed by atoms with E-state index in [-0.39, 0.29) is 48.9 Å². The first kappa shape index (κ1) is 28.2. The molecule has 1 aliphatic rings. The fourth-order valence-corrected chi connectivity index (χ4v) is 3.55. The topological polar surface area (TPSA) is 134 Å². The van der Waals surface area contributed by atoms with Gasteiger partial charge in [-0.3, -0.25) is 15.8 Å². The molecule has 192 valence electrons. The number of halogens is 2. The Hall–Kier alpha value is -4.01. The van der Waals surface area contributed by atoms with Gasteiger partial charge in [-0.15, -0.1) is 0 Å². The van der Waals surface area contributed by atoms with Gasteiger partial charge >= 0.3 is 0 Å². The van der Waals surface area contributed by atoms with Crippen LogP contribution < -0.4 is 21.5 Å². The fourth-order valence-electron chi connectivity index (χ4n) is 3.55. The van der Waals surface area contributed by atoms with Gasteiger partial charge in [-0.1, -0.05) is 38.1 Å². The molecule has 0 atom stereocenters. The highest BCUT2D eigenvalue weighted by molar-refractivity contribution is 5.95. The van der Waals surface area contributed by atoms with Crippen LogP contribution in [0.2, 0.25) is 0 Å². The second kappa shape index (κ2) is 13.2. The van der Waals surface area contributed by atoms with Crippen molar-refractivity contribution < 1.29 is 13.5 Å². The van der Waals surface area contributed by atoms with E-state index in [4.69, 9.17) is 27.0 Å². The maximum atomic E-state index is 14.7. The number of ether oxygens (including phenoxy) is 1.